The van der Waals surface area contributed by atoms with E-state index in [0.717, 1.165) is 12.1 Å². The first-order valence-electron chi connectivity index (χ1n) is 6.09. The highest BCUT2D eigenvalue weighted by atomic mass is 19.4. The van der Waals surface area contributed by atoms with E-state index in [0.29, 0.717) is 5.56 Å². The predicted molar refractivity (Wildman–Crippen MR) is 68.1 cm³/mol. The first kappa shape index (κ1) is 15.3. The van der Waals surface area contributed by atoms with Crippen LogP contribution in [0, 0.1) is 5.82 Å². The average Bonchev–Trinajstić information content (AvgIpc) is 2.45. The number of alkyl halides is 3. The van der Waals surface area contributed by atoms with Gasteiger partial charge in [0.05, 0.1) is 12.2 Å². The molecule has 2 nitrogen and oxygen atoms in total. The van der Waals surface area contributed by atoms with Crippen molar-refractivity contribution < 1.29 is 27.4 Å². The Morgan fingerprint density at radius 3 is 2.24 bits per heavy atom. The van der Waals surface area contributed by atoms with Crippen molar-refractivity contribution in [3.63, 3.8) is 0 Å². The lowest BCUT2D eigenvalue weighted by molar-refractivity contribution is -0.137. The number of para-hydroxylation sites is 1. The summed E-state index contributed by atoms with van der Waals surface area (Å²) in [5, 5.41) is 9.09. The van der Waals surface area contributed by atoms with Crippen molar-refractivity contribution in [2.75, 3.05) is 0 Å². The topological polar surface area (TPSA) is 29.5 Å². The van der Waals surface area contributed by atoms with Gasteiger partial charge < -0.3 is 9.84 Å². The molecular formula is C15H12F4O2. The van der Waals surface area contributed by atoms with Gasteiger partial charge in [0.25, 0.3) is 0 Å². The quantitative estimate of drug-likeness (QED) is 0.867. The van der Waals surface area contributed by atoms with Crippen molar-refractivity contribution in [2.24, 2.45) is 0 Å². The summed E-state index contributed by atoms with van der Waals surface area (Å²) >= 11 is 0. The maximum Gasteiger partial charge on any atom is 0.416 e. The van der Waals surface area contributed by atoms with Gasteiger partial charge in [0, 0.05) is 5.56 Å². The highest BCUT2D eigenvalue weighted by Crippen LogP contribution is 2.29. The molecule has 0 aliphatic heterocycles. The summed E-state index contributed by atoms with van der Waals surface area (Å²) in [5.74, 6) is -0.728. The molecule has 2 aromatic rings. The van der Waals surface area contributed by atoms with Gasteiger partial charge in [-0.25, -0.2) is 4.39 Å². The molecule has 1 N–H and O–H groups in total. The number of aliphatic hydroxyl groups excluding tert-OH is 1. The molecule has 0 aromatic heterocycles. The SMILES string of the molecule is OCc1cccc(F)c1OCc1ccc(C(F)(F)F)cc1. The molecule has 0 radical (unpaired) electrons. The normalized spacial score (nSPS) is 11.5. The molecule has 0 aliphatic carbocycles. The molecule has 2 aromatic carbocycles. The van der Waals surface area contributed by atoms with Crippen LogP contribution < -0.4 is 4.74 Å². The molecule has 0 spiro atoms. The molecule has 0 saturated heterocycles. The summed E-state index contributed by atoms with van der Waals surface area (Å²) in [6.45, 7) is -0.480. The van der Waals surface area contributed by atoms with Crippen molar-refractivity contribution in [3.05, 3.63) is 65.0 Å². The van der Waals surface area contributed by atoms with Gasteiger partial charge in [-0.2, -0.15) is 13.2 Å². The Balaban J connectivity index is 2.10. The van der Waals surface area contributed by atoms with E-state index in [-0.39, 0.29) is 24.5 Å². The average molecular weight is 300 g/mol. The molecule has 2 rings (SSSR count). The molecular weight excluding hydrogens is 288 g/mol. The number of ether oxygens (including phenoxy) is 1. The Bertz CT molecular complexity index is 606. The van der Waals surface area contributed by atoms with Gasteiger partial charge in [-0.15, -0.1) is 0 Å². The van der Waals surface area contributed by atoms with E-state index >= 15 is 0 Å². The van der Waals surface area contributed by atoms with Gasteiger partial charge in [0.2, 0.25) is 0 Å². The van der Waals surface area contributed by atoms with Crippen molar-refractivity contribution in [2.45, 2.75) is 19.4 Å². The summed E-state index contributed by atoms with van der Waals surface area (Å²) in [6.07, 6.45) is -4.39. The molecule has 0 fully saturated rings. The minimum atomic E-state index is -4.39. The molecule has 112 valence electrons. The van der Waals surface area contributed by atoms with E-state index in [1.165, 1.54) is 30.3 Å². The lowest BCUT2D eigenvalue weighted by Crippen LogP contribution is -2.05. The molecule has 21 heavy (non-hydrogen) atoms. The van der Waals surface area contributed by atoms with E-state index in [9.17, 15) is 17.6 Å². The monoisotopic (exact) mass is 300 g/mol. The Kier molecular flexibility index (Phi) is 4.47. The van der Waals surface area contributed by atoms with Crippen LogP contribution in [0.3, 0.4) is 0 Å². The second-order valence-corrected chi connectivity index (χ2v) is 4.37. The van der Waals surface area contributed by atoms with E-state index in [1.54, 1.807) is 0 Å². The molecule has 0 unspecified atom stereocenters. The van der Waals surface area contributed by atoms with Crippen LogP contribution in [0.5, 0.6) is 5.75 Å². The number of hydrogen-bond donors (Lipinski definition) is 1. The zero-order valence-electron chi connectivity index (χ0n) is 10.8. The lowest BCUT2D eigenvalue weighted by atomic mass is 10.1. The fraction of sp³-hybridized carbons (Fsp3) is 0.200. The molecule has 0 aliphatic rings. The second-order valence-electron chi connectivity index (χ2n) is 4.37. The van der Waals surface area contributed by atoms with Crippen LogP contribution in [-0.4, -0.2) is 5.11 Å². The number of hydrogen-bond acceptors (Lipinski definition) is 2. The Morgan fingerprint density at radius 2 is 1.67 bits per heavy atom. The first-order valence-corrected chi connectivity index (χ1v) is 6.09. The van der Waals surface area contributed by atoms with Crippen molar-refractivity contribution in [3.8, 4) is 5.75 Å². The van der Waals surface area contributed by atoms with Crippen molar-refractivity contribution in [1.82, 2.24) is 0 Å². The zero-order valence-corrected chi connectivity index (χ0v) is 10.8. The number of halogens is 4. The summed E-state index contributed by atoms with van der Waals surface area (Å²) in [5.41, 5.74) is -0.00903. The molecule has 0 amide bonds. The van der Waals surface area contributed by atoms with Crippen LogP contribution in [-0.2, 0) is 19.4 Å². The number of rotatable bonds is 4. The van der Waals surface area contributed by atoms with E-state index in [4.69, 9.17) is 9.84 Å². The van der Waals surface area contributed by atoms with Crippen molar-refractivity contribution >= 4 is 0 Å². The standard InChI is InChI=1S/C15H12F4O2/c16-13-3-1-2-11(8-20)14(13)21-9-10-4-6-12(7-5-10)15(17,18)19/h1-7,20H,8-9H2. The Labute approximate surface area is 118 Å². The smallest absolute Gasteiger partial charge is 0.416 e. The van der Waals surface area contributed by atoms with Gasteiger partial charge in [-0.05, 0) is 23.8 Å². The third-order valence-electron chi connectivity index (χ3n) is 2.88. The minimum absolute atomic E-state index is 0.0912. The minimum Gasteiger partial charge on any atom is -0.485 e. The van der Waals surface area contributed by atoms with Crippen LogP contribution in [0.2, 0.25) is 0 Å². The largest absolute Gasteiger partial charge is 0.485 e. The van der Waals surface area contributed by atoms with Crippen LogP contribution in [0.1, 0.15) is 16.7 Å². The van der Waals surface area contributed by atoms with Gasteiger partial charge in [-0.1, -0.05) is 24.3 Å². The third-order valence-corrected chi connectivity index (χ3v) is 2.88. The van der Waals surface area contributed by atoms with Gasteiger partial charge in [0.1, 0.15) is 6.61 Å². The summed E-state index contributed by atoms with van der Waals surface area (Å²) in [6, 6.07) is 8.53. The third kappa shape index (κ3) is 3.72. The van der Waals surface area contributed by atoms with E-state index in [2.05, 4.69) is 0 Å². The van der Waals surface area contributed by atoms with Crippen molar-refractivity contribution in [1.29, 1.82) is 0 Å². The molecule has 0 atom stereocenters. The Hall–Kier alpha value is -2.08. The molecule has 0 heterocycles. The molecule has 0 saturated carbocycles. The van der Waals surface area contributed by atoms with Crippen LogP contribution >= 0.6 is 0 Å². The number of benzene rings is 2. The fourth-order valence-electron chi connectivity index (χ4n) is 1.79. The summed E-state index contributed by atoms with van der Waals surface area (Å²) in [7, 11) is 0. The molecule has 0 bridgehead atoms. The van der Waals surface area contributed by atoms with Crippen LogP contribution in [0.25, 0.3) is 0 Å². The Morgan fingerprint density at radius 1 is 1.00 bits per heavy atom. The second kappa shape index (κ2) is 6.13. The van der Waals surface area contributed by atoms with Gasteiger partial charge in [0.15, 0.2) is 11.6 Å². The highest BCUT2D eigenvalue weighted by molar-refractivity contribution is 5.35. The maximum atomic E-state index is 13.6. The van der Waals surface area contributed by atoms with Gasteiger partial charge in [-0.3, -0.25) is 0 Å². The molecule has 6 heteroatoms. The predicted octanol–water partition coefficient (Wildman–Crippen LogP) is 3.92. The van der Waals surface area contributed by atoms with Crippen LogP contribution in [0.15, 0.2) is 42.5 Å². The van der Waals surface area contributed by atoms with E-state index < -0.39 is 17.6 Å². The fourth-order valence-corrected chi connectivity index (χ4v) is 1.79. The van der Waals surface area contributed by atoms with E-state index in [1.807, 2.05) is 0 Å². The first-order chi connectivity index (χ1) is 9.91. The summed E-state index contributed by atoms with van der Waals surface area (Å²) in [4.78, 5) is 0. The number of aliphatic hydroxyl groups is 1. The van der Waals surface area contributed by atoms with Crippen LogP contribution in [0.4, 0.5) is 17.6 Å². The lowest BCUT2D eigenvalue weighted by Gasteiger charge is -2.12. The zero-order chi connectivity index (χ0) is 15.5. The maximum absolute atomic E-state index is 13.6. The summed E-state index contributed by atoms with van der Waals surface area (Å²) < 4.78 is 56.1. The highest BCUT2D eigenvalue weighted by Gasteiger charge is 2.29. The van der Waals surface area contributed by atoms with Gasteiger partial charge >= 0.3 is 6.18 Å².